The second-order valence-electron chi connectivity index (χ2n) is 6.30. The lowest BCUT2D eigenvalue weighted by Crippen LogP contribution is -2.39. The number of aromatic nitrogens is 3. The lowest BCUT2D eigenvalue weighted by molar-refractivity contribution is -0.141. The molecule has 3 N–H and O–H groups in total. The Kier molecular flexibility index (Phi) is 9.21. The molecule has 0 amide bonds. The van der Waals surface area contributed by atoms with Crippen LogP contribution >= 0.6 is 24.0 Å². The number of alkyl halides is 3. The average molecular weight is 545 g/mol. The predicted molar refractivity (Wildman–Crippen MR) is 126 cm³/mol. The first kappa shape index (κ1) is 24.6. The second-order valence-corrected chi connectivity index (χ2v) is 6.30. The van der Waals surface area contributed by atoms with E-state index < -0.39 is 11.9 Å². The van der Waals surface area contributed by atoms with Gasteiger partial charge in [0.2, 0.25) is 5.95 Å². The lowest BCUT2D eigenvalue weighted by Gasteiger charge is -2.13. The van der Waals surface area contributed by atoms with Gasteiger partial charge in [0.1, 0.15) is 5.69 Å². The van der Waals surface area contributed by atoms with E-state index >= 15 is 0 Å². The van der Waals surface area contributed by atoms with Gasteiger partial charge in [0.15, 0.2) is 5.96 Å². The summed E-state index contributed by atoms with van der Waals surface area (Å²) in [5.41, 5.74) is 0.981. The fourth-order valence-corrected chi connectivity index (χ4v) is 2.76. The number of nitrogens with one attached hydrogen (secondary N) is 3. The highest BCUT2D eigenvalue weighted by atomic mass is 127. The van der Waals surface area contributed by atoms with Gasteiger partial charge in [0.05, 0.1) is 12.1 Å². The first-order valence-corrected chi connectivity index (χ1v) is 9.46. The van der Waals surface area contributed by atoms with Crippen molar-refractivity contribution in [1.82, 2.24) is 25.6 Å². The Balaban J connectivity index is 0.00000341. The second kappa shape index (κ2) is 11.6. The van der Waals surface area contributed by atoms with Crippen molar-refractivity contribution in [3.8, 4) is 0 Å². The van der Waals surface area contributed by atoms with Gasteiger partial charge in [0.25, 0.3) is 0 Å². The van der Waals surface area contributed by atoms with Gasteiger partial charge in [-0.25, -0.2) is 15.0 Å². The smallest absolute Gasteiger partial charge is 0.357 e. The van der Waals surface area contributed by atoms with Gasteiger partial charge in [-0.3, -0.25) is 4.98 Å². The molecule has 0 radical (unpaired) electrons. The number of nitrogens with zero attached hydrogens (tertiary/aromatic N) is 4. The minimum absolute atomic E-state index is 0. The van der Waals surface area contributed by atoms with Crippen LogP contribution in [0.1, 0.15) is 18.2 Å². The number of rotatable bonds is 7. The Labute approximate surface area is 195 Å². The Morgan fingerprint density at radius 1 is 1.00 bits per heavy atom. The molecule has 0 aliphatic heterocycles. The highest BCUT2D eigenvalue weighted by Crippen LogP contribution is 2.27. The van der Waals surface area contributed by atoms with E-state index in [2.05, 4.69) is 35.9 Å². The fraction of sp³-hybridized carbons (Fsp3) is 0.300. The fourth-order valence-electron chi connectivity index (χ4n) is 2.76. The van der Waals surface area contributed by atoms with Crippen molar-refractivity contribution in [2.24, 2.45) is 4.99 Å². The first-order valence-electron chi connectivity index (χ1n) is 9.46. The molecule has 0 spiro atoms. The van der Waals surface area contributed by atoms with Crippen molar-refractivity contribution in [2.45, 2.75) is 19.6 Å². The van der Waals surface area contributed by atoms with Gasteiger partial charge in [-0.15, -0.1) is 24.0 Å². The van der Waals surface area contributed by atoms with E-state index in [-0.39, 0.29) is 29.9 Å². The monoisotopic (exact) mass is 545 g/mol. The van der Waals surface area contributed by atoms with Crippen molar-refractivity contribution < 1.29 is 13.2 Å². The number of pyridine rings is 1. The van der Waals surface area contributed by atoms with E-state index in [1.807, 2.05) is 37.3 Å². The zero-order chi connectivity index (χ0) is 21.4. The number of fused-ring (bicyclic) bond motifs is 1. The molecule has 0 atom stereocenters. The summed E-state index contributed by atoms with van der Waals surface area (Å²) in [4.78, 5) is 16.2. The van der Waals surface area contributed by atoms with Crippen LogP contribution in [0.5, 0.6) is 0 Å². The molecule has 0 aliphatic rings. The van der Waals surface area contributed by atoms with Gasteiger partial charge < -0.3 is 16.0 Å². The molecule has 0 fully saturated rings. The molecule has 0 saturated heterocycles. The highest BCUT2D eigenvalue weighted by molar-refractivity contribution is 14.0. The summed E-state index contributed by atoms with van der Waals surface area (Å²) in [6, 6.07) is 10.6. The van der Waals surface area contributed by atoms with Crippen LogP contribution < -0.4 is 16.0 Å². The summed E-state index contributed by atoms with van der Waals surface area (Å²) in [5.74, 6) is 0.530. The number of hydrogen-bond donors (Lipinski definition) is 3. The maximum atomic E-state index is 12.7. The molecule has 2 heterocycles. The zero-order valence-electron chi connectivity index (χ0n) is 16.8. The van der Waals surface area contributed by atoms with Crippen LogP contribution in [0.2, 0.25) is 0 Å². The van der Waals surface area contributed by atoms with Gasteiger partial charge in [-0.1, -0.05) is 18.2 Å². The number of para-hydroxylation sites is 1. The van der Waals surface area contributed by atoms with Crippen LogP contribution in [-0.4, -0.2) is 40.5 Å². The molecule has 7 nitrogen and oxygen atoms in total. The van der Waals surface area contributed by atoms with Crippen molar-refractivity contribution in [3.63, 3.8) is 0 Å². The zero-order valence-corrected chi connectivity index (χ0v) is 19.1. The van der Waals surface area contributed by atoms with Gasteiger partial charge >= 0.3 is 6.18 Å². The molecule has 31 heavy (non-hydrogen) atoms. The van der Waals surface area contributed by atoms with Gasteiger partial charge in [-0.05, 0) is 30.7 Å². The maximum absolute atomic E-state index is 12.7. The van der Waals surface area contributed by atoms with Crippen molar-refractivity contribution in [2.75, 3.05) is 25.0 Å². The number of hydrogen-bond acceptors (Lipinski definition) is 5. The summed E-state index contributed by atoms with van der Waals surface area (Å²) in [6.45, 7) is 3.83. The minimum atomic E-state index is -4.50. The maximum Gasteiger partial charge on any atom is 0.433 e. The van der Waals surface area contributed by atoms with Crippen LogP contribution in [0.3, 0.4) is 0 Å². The first-order chi connectivity index (χ1) is 14.5. The van der Waals surface area contributed by atoms with Crippen LogP contribution in [0, 0.1) is 0 Å². The summed E-state index contributed by atoms with van der Waals surface area (Å²) in [5, 5.41) is 10.1. The van der Waals surface area contributed by atoms with Gasteiger partial charge in [0, 0.05) is 37.4 Å². The average Bonchev–Trinajstić information content (AvgIpc) is 2.74. The normalized spacial score (nSPS) is 11.7. The van der Waals surface area contributed by atoms with E-state index in [4.69, 9.17) is 0 Å². The summed E-state index contributed by atoms with van der Waals surface area (Å²) < 4.78 is 38.1. The van der Waals surface area contributed by atoms with E-state index in [0.717, 1.165) is 28.7 Å². The van der Waals surface area contributed by atoms with Crippen molar-refractivity contribution in [1.29, 1.82) is 0 Å². The Morgan fingerprint density at radius 3 is 2.55 bits per heavy atom. The van der Waals surface area contributed by atoms with E-state index in [9.17, 15) is 13.2 Å². The number of guanidine groups is 1. The molecule has 3 aromatic rings. The summed E-state index contributed by atoms with van der Waals surface area (Å²) in [6.07, 6.45) is -1.66. The van der Waals surface area contributed by atoms with Crippen LogP contribution in [-0.2, 0) is 12.7 Å². The molecular formula is C20H23F3IN7. The molecule has 2 aromatic heterocycles. The van der Waals surface area contributed by atoms with E-state index in [0.29, 0.717) is 32.1 Å². The molecule has 0 bridgehead atoms. The molecular weight excluding hydrogens is 522 g/mol. The number of anilines is 1. The van der Waals surface area contributed by atoms with E-state index in [1.54, 1.807) is 6.20 Å². The Bertz CT molecular complexity index is 1010. The Morgan fingerprint density at radius 2 is 1.77 bits per heavy atom. The quantitative estimate of drug-likeness (QED) is 0.181. The minimum Gasteiger partial charge on any atom is -0.357 e. The van der Waals surface area contributed by atoms with Crippen molar-refractivity contribution in [3.05, 3.63) is 60.0 Å². The third kappa shape index (κ3) is 7.19. The Hall–Kier alpha value is -2.70. The number of benzene rings is 1. The van der Waals surface area contributed by atoms with E-state index in [1.165, 1.54) is 0 Å². The third-order valence-corrected chi connectivity index (χ3v) is 4.14. The summed E-state index contributed by atoms with van der Waals surface area (Å²) >= 11 is 0. The standard InChI is InChI=1S/C20H22F3N7.HI/c1-2-24-18(29-13-14-7-9-25-16-6-4-3-5-15(14)16)27-11-12-28-19-26-10-8-17(30-19)20(21,22)23;/h3-10H,2,11-13H2,1H3,(H2,24,27,29)(H,26,28,30);1H. The number of aliphatic imine (C=N–C) groups is 1. The highest BCUT2D eigenvalue weighted by Gasteiger charge is 2.32. The molecule has 0 unspecified atom stereocenters. The van der Waals surface area contributed by atoms with Gasteiger partial charge in [-0.2, -0.15) is 13.2 Å². The number of halogens is 4. The molecule has 0 aliphatic carbocycles. The van der Waals surface area contributed by atoms with Crippen LogP contribution in [0.4, 0.5) is 19.1 Å². The van der Waals surface area contributed by atoms with Crippen molar-refractivity contribution >= 4 is 46.8 Å². The largest absolute Gasteiger partial charge is 0.433 e. The molecule has 0 saturated carbocycles. The summed E-state index contributed by atoms with van der Waals surface area (Å²) in [7, 11) is 0. The van der Waals surface area contributed by atoms with Crippen LogP contribution in [0.15, 0.2) is 53.8 Å². The third-order valence-electron chi connectivity index (χ3n) is 4.14. The SMILES string of the molecule is CCNC(=NCc1ccnc2ccccc12)NCCNc1nccc(C(F)(F)F)n1.I. The molecule has 1 aromatic carbocycles. The molecule has 166 valence electrons. The molecule has 3 rings (SSSR count). The predicted octanol–water partition coefficient (Wildman–Crippen LogP) is 3.83. The lowest BCUT2D eigenvalue weighted by atomic mass is 10.1. The molecule has 11 heteroatoms. The topological polar surface area (TPSA) is 87.1 Å². The van der Waals surface area contributed by atoms with Crippen LogP contribution in [0.25, 0.3) is 10.9 Å².